The van der Waals surface area contributed by atoms with Crippen LogP contribution in [0, 0.1) is 0 Å². The summed E-state index contributed by atoms with van der Waals surface area (Å²) in [7, 11) is 0. The van der Waals surface area contributed by atoms with Gasteiger partial charge in [0.25, 0.3) is 0 Å². The highest BCUT2D eigenvalue weighted by Crippen LogP contribution is 2.42. The van der Waals surface area contributed by atoms with Crippen molar-refractivity contribution in [2.45, 2.75) is 27.7 Å². The van der Waals surface area contributed by atoms with Crippen molar-refractivity contribution < 1.29 is 4.42 Å². The van der Waals surface area contributed by atoms with Crippen LogP contribution >= 0.6 is 0 Å². The van der Waals surface area contributed by atoms with Gasteiger partial charge in [0.15, 0.2) is 5.82 Å². The van der Waals surface area contributed by atoms with Crippen LogP contribution in [0.1, 0.15) is 33.4 Å². The number of hydrogen-bond acceptors (Lipinski definition) is 3. The van der Waals surface area contributed by atoms with E-state index in [9.17, 15) is 0 Å². The van der Waals surface area contributed by atoms with Crippen LogP contribution < -0.4 is 0 Å². The third kappa shape index (κ3) is 4.68. The van der Waals surface area contributed by atoms with E-state index in [4.69, 9.17) is 14.4 Å². The average Bonchev–Trinajstić information content (AvgIpc) is 3.68. The molecule has 0 bridgehead atoms. The molecule has 3 aromatic heterocycles. The van der Waals surface area contributed by atoms with Gasteiger partial charge in [0.1, 0.15) is 11.2 Å². The Morgan fingerprint density at radius 3 is 2.10 bits per heavy atom. The smallest absolute Gasteiger partial charge is 0.160 e. The first-order valence-electron chi connectivity index (χ1n) is 16.5. The van der Waals surface area contributed by atoms with Crippen LogP contribution in [0.2, 0.25) is 0 Å². The van der Waals surface area contributed by atoms with Crippen molar-refractivity contribution in [1.29, 1.82) is 0 Å². The van der Waals surface area contributed by atoms with E-state index >= 15 is 0 Å². The first kappa shape index (κ1) is 29.4. The van der Waals surface area contributed by atoms with Crippen molar-refractivity contribution in [1.82, 2.24) is 14.5 Å². The number of furan rings is 1. The molecule has 4 heteroatoms. The second-order valence-electron chi connectivity index (χ2n) is 12.0. The molecule has 0 saturated carbocycles. The van der Waals surface area contributed by atoms with E-state index in [1.807, 2.05) is 37.3 Å². The molecule has 5 aromatic carbocycles. The monoisotopic (exact) mass is 621 g/mol. The molecular weight excluding hydrogens is 587 g/mol. The van der Waals surface area contributed by atoms with E-state index in [0.717, 1.165) is 94.1 Å². The zero-order valence-corrected chi connectivity index (χ0v) is 27.5. The maximum absolute atomic E-state index is 6.61. The molecule has 0 amide bonds. The van der Waals surface area contributed by atoms with Crippen molar-refractivity contribution >= 4 is 65.9 Å². The highest BCUT2D eigenvalue weighted by atomic mass is 16.3. The summed E-state index contributed by atoms with van der Waals surface area (Å²) in [6.07, 6.45) is 12.7. The third-order valence-electron chi connectivity index (χ3n) is 9.16. The molecule has 48 heavy (non-hydrogen) atoms. The van der Waals surface area contributed by atoms with Crippen LogP contribution in [0.4, 0.5) is 0 Å². The first-order valence-corrected chi connectivity index (χ1v) is 16.5. The summed E-state index contributed by atoms with van der Waals surface area (Å²) in [4.78, 5) is 10.2. The normalized spacial score (nSPS) is 13.1. The number of benzene rings is 5. The quantitative estimate of drug-likeness (QED) is 0.174. The molecule has 232 valence electrons. The lowest BCUT2D eigenvalue weighted by Gasteiger charge is -2.12. The van der Waals surface area contributed by atoms with Gasteiger partial charge in [0.2, 0.25) is 0 Å². The summed E-state index contributed by atoms with van der Waals surface area (Å²) < 4.78 is 8.95. The van der Waals surface area contributed by atoms with Crippen molar-refractivity contribution in [3.8, 4) is 22.5 Å². The van der Waals surface area contributed by atoms with E-state index in [1.54, 1.807) is 0 Å². The fraction of sp³-hybridized carbons (Fsp3) is 0.0909. The molecule has 0 spiro atoms. The molecule has 0 aliphatic rings. The SMILES string of the molecule is C/C=C\C(=C/C)c1nc(-c2ccccc2)nc2ccc(-c3ccc4c(c3)c3c5oc6ccccc6c5ccc3n4C(/C=C\C)=C/C)cc12. The number of hydrogen-bond donors (Lipinski definition) is 0. The minimum Gasteiger partial charge on any atom is -0.455 e. The lowest BCUT2D eigenvalue weighted by molar-refractivity contribution is 0.673. The zero-order chi connectivity index (χ0) is 32.8. The van der Waals surface area contributed by atoms with Gasteiger partial charge >= 0.3 is 0 Å². The second kappa shape index (κ2) is 12.0. The van der Waals surface area contributed by atoms with Crippen LogP contribution in [0.3, 0.4) is 0 Å². The fourth-order valence-electron chi connectivity index (χ4n) is 6.95. The van der Waals surface area contributed by atoms with E-state index < -0.39 is 0 Å². The molecule has 0 unspecified atom stereocenters. The maximum atomic E-state index is 6.61. The molecule has 0 fully saturated rings. The second-order valence-corrected chi connectivity index (χ2v) is 12.0. The van der Waals surface area contributed by atoms with Crippen molar-refractivity contribution in [3.05, 3.63) is 145 Å². The van der Waals surface area contributed by atoms with Gasteiger partial charge in [-0.3, -0.25) is 0 Å². The van der Waals surface area contributed by atoms with Gasteiger partial charge in [0.05, 0.1) is 27.6 Å². The number of fused-ring (bicyclic) bond motifs is 8. The Morgan fingerprint density at radius 1 is 0.604 bits per heavy atom. The third-order valence-corrected chi connectivity index (χ3v) is 9.16. The topological polar surface area (TPSA) is 43.9 Å². The van der Waals surface area contributed by atoms with E-state index in [-0.39, 0.29) is 0 Å². The largest absolute Gasteiger partial charge is 0.455 e. The van der Waals surface area contributed by atoms with Crippen LogP contribution in [-0.4, -0.2) is 14.5 Å². The van der Waals surface area contributed by atoms with E-state index in [2.05, 4.69) is 135 Å². The molecule has 0 radical (unpaired) electrons. The molecule has 0 atom stereocenters. The molecule has 0 N–H and O–H groups in total. The minimum atomic E-state index is 0.722. The van der Waals surface area contributed by atoms with Crippen molar-refractivity contribution in [2.24, 2.45) is 0 Å². The fourth-order valence-corrected chi connectivity index (χ4v) is 6.95. The molecule has 8 aromatic rings. The van der Waals surface area contributed by atoms with Gasteiger partial charge in [-0.2, -0.15) is 0 Å². The minimum absolute atomic E-state index is 0.722. The van der Waals surface area contributed by atoms with Gasteiger partial charge in [-0.1, -0.05) is 91.0 Å². The predicted octanol–water partition coefficient (Wildman–Crippen LogP) is 12.4. The maximum Gasteiger partial charge on any atom is 0.160 e. The lowest BCUT2D eigenvalue weighted by atomic mass is 9.98. The molecule has 4 nitrogen and oxygen atoms in total. The van der Waals surface area contributed by atoms with Crippen molar-refractivity contribution in [2.75, 3.05) is 0 Å². The Labute approximate surface area is 279 Å². The highest BCUT2D eigenvalue weighted by molar-refractivity contribution is 6.24. The number of aromatic nitrogens is 3. The number of nitrogens with zero attached hydrogens (tertiary/aromatic N) is 3. The molecule has 0 saturated heterocycles. The molecule has 0 aliphatic carbocycles. The molecule has 0 aliphatic heterocycles. The van der Waals surface area contributed by atoms with Gasteiger partial charge in [-0.15, -0.1) is 0 Å². The van der Waals surface area contributed by atoms with Crippen LogP contribution in [0.15, 0.2) is 144 Å². The van der Waals surface area contributed by atoms with Gasteiger partial charge in [0, 0.05) is 32.8 Å². The summed E-state index contributed by atoms with van der Waals surface area (Å²) in [5.74, 6) is 0.722. The molecule has 8 rings (SSSR count). The zero-order valence-electron chi connectivity index (χ0n) is 27.5. The summed E-state index contributed by atoms with van der Waals surface area (Å²) in [5.41, 5.74) is 11.3. The summed E-state index contributed by atoms with van der Waals surface area (Å²) >= 11 is 0. The van der Waals surface area contributed by atoms with E-state index in [1.165, 1.54) is 0 Å². The lowest BCUT2D eigenvalue weighted by Crippen LogP contribution is -1.98. The number of para-hydroxylation sites is 1. The Balaban J connectivity index is 1.40. The Hall–Kier alpha value is -6.00. The predicted molar refractivity (Wildman–Crippen MR) is 204 cm³/mol. The highest BCUT2D eigenvalue weighted by Gasteiger charge is 2.20. The van der Waals surface area contributed by atoms with Gasteiger partial charge in [-0.25, -0.2) is 9.97 Å². The number of rotatable bonds is 6. The Morgan fingerprint density at radius 2 is 1.33 bits per heavy atom. The van der Waals surface area contributed by atoms with Crippen LogP contribution in [0.25, 0.3) is 88.4 Å². The van der Waals surface area contributed by atoms with Crippen LogP contribution in [0.5, 0.6) is 0 Å². The average molecular weight is 622 g/mol. The summed E-state index contributed by atoms with van der Waals surface area (Å²) in [5, 5.41) is 5.54. The van der Waals surface area contributed by atoms with E-state index in [0.29, 0.717) is 0 Å². The summed E-state index contributed by atoms with van der Waals surface area (Å²) in [6, 6.07) is 36.2. The van der Waals surface area contributed by atoms with Crippen LogP contribution in [-0.2, 0) is 0 Å². The Bertz CT molecular complexity index is 2650. The van der Waals surface area contributed by atoms with Gasteiger partial charge < -0.3 is 8.98 Å². The summed E-state index contributed by atoms with van der Waals surface area (Å²) in [6.45, 7) is 8.25. The number of allylic oxidation sites excluding steroid dienone is 8. The molecule has 3 heterocycles. The van der Waals surface area contributed by atoms with Crippen molar-refractivity contribution in [3.63, 3.8) is 0 Å². The Kier molecular flexibility index (Phi) is 7.34. The standard InChI is InChI=1S/C44H35N3O/c1-5-14-28(7-3)42-35-26-30(20-23-37(35)45-44(46-42)29-16-10-9-11-17-29)31-21-24-38-36(27-31)41-39(47(38)32(8-4)15-6-2)25-22-34-33-18-12-13-19-40(33)48-43(34)41/h5-27H,1-4H3/b14-5-,15-6-,28-7+,32-8+. The molecular formula is C44H35N3O. The van der Waals surface area contributed by atoms with Gasteiger partial charge in [-0.05, 0) is 92.9 Å². The first-order chi connectivity index (χ1) is 23.6.